The van der Waals surface area contributed by atoms with Gasteiger partial charge in [-0.2, -0.15) is 5.10 Å². The molecule has 138 valence electrons. The summed E-state index contributed by atoms with van der Waals surface area (Å²) in [5.74, 6) is 0.817. The van der Waals surface area contributed by atoms with Crippen LogP contribution in [0.4, 0.5) is 0 Å². The molecule has 2 N–H and O–H groups in total. The summed E-state index contributed by atoms with van der Waals surface area (Å²) >= 11 is 0. The number of halogens is 1. The van der Waals surface area contributed by atoms with Gasteiger partial charge < -0.3 is 10.6 Å². The molecule has 0 aromatic carbocycles. The van der Waals surface area contributed by atoms with Crippen molar-refractivity contribution < 1.29 is 0 Å². The lowest BCUT2D eigenvalue weighted by Gasteiger charge is -2.18. The molecule has 2 aromatic heterocycles. The average molecular weight is 456 g/mol. The molecule has 2 rings (SSSR count). The number of aromatic nitrogens is 3. The Kier molecular flexibility index (Phi) is 8.88. The molecule has 25 heavy (non-hydrogen) atoms. The Morgan fingerprint density at radius 1 is 1.32 bits per heavy atom. The Morgan fingerprint density at radius 2 is 2.08 bits per heavy atom. The van der Waals surface area contributed by atoms with Crippen LogP contribution in [0.1, 0.15) is 29.6 Å². The number of pyridine rings is 1. The number of guanidine groups is 1. The number of hydrogen-bond acceptors (Lipinski definition) is 3. The van der Waals surface area contributed by atoms with Crippen molar-refractivity contribution in [1.82, 2.24) is 25.4 Å². The second-order valence-corrected chi connectivity index (χ2v) is 6.09. The quantitative estimate of drug-likeness (QED) is 0.398. The third kappa shape index (κ3) is 6.30. The molecule has 0 aliphatic rings. The summed E-state index contributed by atoms with van der Waals surface area (Å²) in [5, 5.41) is 11.3. The molecule has 0 fully saturated rings. The summed E-state index contributed by atoms with van der Waals surface area (Å²) in [5.41, 5.74) is 4.71. The van der Waals surface area contributed by atoms with Crippen molar-refractivity contribution in [2.45, 2.75) is 39.7 Å². The first-order chi connectivity index (χ1) is 11.5. The summed E-state index contributed by atoms with van der Waals surface area (Å²) in [4.78, 5) is 8.63. The van der Waals surface area contributed by atoms with Crippen molar-refractivity contribution >= 4 is 29.9 Å². The molecule has 0 aliphatic carbocycles. The minimum Gasteiger partial charge on any atom is -0.356 e. The molecule has 0 amide bonds. The summed E-state index contributed by atoms with van der Waals surface area (Å²) in [6.07, 6.45) is 3.62. The Bertz CT molecular complexity index is 680. The largest absolute Gasteiger partial charge is 0.356 e. The second-order valence-electron chi connectivity index (χ2n) is 6.09. The van der Waals surface area contributed by atoms with Crippen LogP contribution >= 0.6 is 24.0 Å². The maximum absolute atomic E-state index is 4.48. The van der Waals surface area contributed by atoms with Gasteiger partial charge in [0.2, 0.25) is 0 Å². The monoisotopic (exact) mass is 456 g/mol. The molecule has 2 aromatic rings. The normalized spacial score (nSPS) is 12.4. The second kappa shape index (κ2) is 10.4. The molecule has 0 radical (unpaired) electrons. The van der Waals surface area contributed by atoms with Gasteiger partial charge in [-0.15, -0.1) is 24.0 Å². The summed E-state index contributed by atoms with van der Waals surface area (Å²) in [6, 6.07) is 6.25. The molecule has 0 aliphatic heterocycles. The van der Waals surface area contributed by atoms with E-state index in [2.05, 4.69) is 46.5 Å². The van der Waals surface area contributed by atoms with E-state index >= 15 is 0 Å². The van der Waals surface area contributed by atoms with Crippen molar-refractivity contribution in [3.8, 4) is 0 Å². The highest BCUT2D eigenvalue weighted by atomic mass is 127. The molecule has 0 bridgehead atoms. The Balaban J connectivity index is 0.00000312. The summed E-state index contributed by atoms with van der Waals surface area (Å²) < 4.78 is 1.94. The fraction of sp³-hybridized carbons (Fsp3) is 0.500. The molecule has 1 atom stereocenters. The van der Waals surface area contributed by atoms with Crippen LogP contribution in [0.25, 0.3) is 0 Å². The topological polar surface area (TPSA) is 67.1 Å². The van der Waals surface area contributed by atoms with Crippen LogP contribution in [-0.2, 0) is 19.9 Å². The fourth-order valence-electron chi connectivity index (χ4n) is 2.75. The van der Waals surface area contributed by atoms with Crippen LogP contribution in [-0.4, -0.2) is 40.4 Å². The SMILES string of the molecule is CN=C(NCCc1ccccn1)NC(C)Cc1c(C)nn(C)c1C.I. The van der Waals surface area contributed by atoms with Gasteiger partial charge in [0, 0.05) is 50.7 Å². The maximum Gasteiger partial charge on any atom is 0.191 e. The van der Waals surface area contributed by atoms with Gasteiger partial charge in [0.05, 0.1) is 5.69 Å². The van der Waals surface area contributed by atoms with Crippen molar-refractivity contribution in [2.24, 2.45) is 12.0 Å². The van der Waals surface area contributed by atoms with E-state index in [9.17, 15) is 0 Å². The number of nitrogens with zero attached hydrogens (tertiary/aromatic N) is 4. The highest BCUT2D eigenvalue weighted by molar-refractivity contribution is 14.0. The molecule has 0 saturated heterocycles. The molecule has 0 spiro atoms. The van der Waals surface area contributed by atoms with E-state index in [-0.39, 0.29) is 30.0 Å². The van der Waals surface area contributed by atoms with Gasteiger partial charge in [0.1, 0.15) is 0 Å². The van der Waals surface area contributed by atoms with Gasteiger partial charge in [-0.25, -0.2) is 0 Å². The predicted molar refractivity (Wildman–Crippen MR) is 114 cm³/mol. The number of rotatable bonds is 6. The number of hydrogen-bond donors (Lipinski definition) is 2. The lowest BCUT2D eigenvalue weighted by Crippen LogP contribution is -2.43. The zero-order valence-corrected chi connectivity index (χ0v) is 18.0. The smallest absolute Gasteiger partial charge is 0.191 e. The zero-order chi connectivity index (χ0) is 17.5. The molecule has 1 unspecified atom stereocenters. The van der Waals surface area contributed by atoms with Crippen molar-refractivity contribution in [1.29, 1.82) is 0 Å². The van der Waals surface area contributed by atoms with Crippen LogP contribution in [0.15, 0.2) is 29.4 Å². The molecule has 7 heteroatoms. The van der Waals surface area contributed by atoms with Gasteiger partial charge in [0.25, 0.3) is 0 Å². The van der Waals surface area contributed by atoms with Gasteiger partial charge >= 0.3 is 0 Å². The van der Waals surface area contributed by atoms with E-state index in [1.165, 1.54) is 11.3 Å². The standard InChI is InChI=1S/C18H28N6.HI/c1-13(12-17-14(2)23-24(5)15(17)3)22-18(19-4)21-11-9-16-8-6-7-10-20-16;/h6-8,10,13H,9,11-12H2,1-5H3,(H2,19,21,22);1H. The van der Waals surface area contributed by atoms with Crippen molar-refractivity contribution in [3.05, 3.63) is 47.0 Å². The molecule has 2 heterocycles. The van der Waals surface area contributed by atoms with Gasteiger partial charge in [-0.1, -0.05) is 6.07 Å². The van der Waals surface area contributed by atoms with E-state index in [4.69, 9.17) is 0 Å². The number of aryl methyl sites for hydroxylation is 2. The molecule has 6 nitrogen and oxygen atoms in total. The average Bonchev–Trinajstić information content (AvgIpc) is 2.81. The fourth-order valence-corrected chi connectivity index (χ4v) is 2.75. The van der Waals surface area contributed by atoms with E-state index < -0.39 is 0 Å². The van der Waals surface area contributed by atoms with Crippen molar-refractivity contribution in [2.75, 3.05) is 13.6 Å². The first-order valence-corrected chi connectivity index (χ1v) is 8.37. The van der Waals surface area contributed by atoms with Crippen LogP contribution in [0.3, 0.4) is 0 Å². The molecule has 0 saturated carbocycles. The van der Waals surface area contributed by atoms with Crippen LogP contribution in [0, 0.1) is 13.8 Å². The van der Waals surface area contributed by atoms with E-state index in [1.807, 2.05) is 36.1 Å². The minimum absolute atomic E-state index is 0. The first kappa shape index (κ1) is 21.4. The minimum atomic E-state index is 0. The Labute approximate surface area is 167 Å². The highest BCUT2D eigenvalue weighted by Gasteiger charge is 2.13. The van der Waals surface area contributed by atoms with Crippen LogP contribution in [0.5, 0.6) is 0 Å². The van der Waals surface area contributed by atoms with Crippen LogP contribution in [0.2, 0.25) is 0 Å². The molecular weight excluding hydrogens is 427 g/mol. The number of aliphatic imine (C=N–C) groups is 1. The first-order valence-electron chi connectivity index (χ1n) is 8.37. The Morgan fingerprint density at radius 3 is 2.64 bits per heavy atom. The van der Waals surface area contributed by atoms with E-state index in [0.717, 1.165) is 36.7 Å². The lowest BCUT2D eigenvalue weighted by atomic mass is 10.1. The lowest BCUT2D eigenvalue weighted by molar-refractivity contribution is 0.634. The third-order valence-corrected chi connectivity index (χ3v) is 4.18. The number of nitrogens with one attached hydrogen (secondary N) is 2. The summed E-state index contributed by atoms with van der Waals surface area (Å²) in [7, 11) is 3.78. The Hall–Kier alpha value is -1.64. The third-order valence-electron chi connectivity index (χ3n) is 4.18. The highest BCUT2D eigenvalue weighted by Crippen LogP contribution is 2.14. The predicted octanol–water partition coefficient (Wildman–Crippen LogP) is 2.39. The summed E-state index contributed by atoms with van der Waals surface area (Å²) in [6.45, 7) is 7.14. The van der Waals surface area contributed by atoms with Gasteiger partial charge in [-0.05, 0) is 44.9 Å². The van der Waals surface area contributed by atoms with Crippen molar-refractivity contribution in [3.63, 3.8) is 0 Å². The maximum atomic E-state index is 4.48. The zero-order valence-electron chi connectivity index (χ0n) is 15.7. The molecular formula is C18H29IN6. The van der Waals surface area contributed by atoms with Gasteiger partial charge in [-0.3, -0.25) is 14.7 Å². The van der Waals surface area contributed by atoms with E-state index in [0.29, 0.717) is 0 Å². The van der Waals surface area contributed by atoms with E-state index in [1.54, 1.807) is 7.05 Å². The van der Waals surface area contributed by atoms with Crippen LogP contribution < -0.4 is 10.6 Å². The van der Waals surface area contributed by atoms with Gasteiger partial charge in [0.15, 0.2) is 5.96 Å².